The summed E-state index contributed by atoms with van der Waals surface area (Å²) in [6.07, 6.45) is -0.561. The molecule has 1 saturated heterocycles. The van der Waals surface area contributed by atoms with Crippen LogP contribution in [0, 0.1) is 12.7 Å². The zero-order valence-corrected chi connectivity index (χ0v) is 13.6. The molecule has 1 aromatic heterocycles. The molecule has 4 nitrogen and oxygen atoms in total. The molecule has 7 heteroatoms. The van der Waals surface area contributed by atoms with Gasteiger partial charge in [-0.2, -0.15) is 0 Å². The molecule has 0 aliphatic carbocycles. The zero-order chi connectivity index (χ0) is 18.2. The summed E-state index contributed by atoms with van der Waals surface area (Å²) in [5, 5.41) is 9.34. The van der Waals surface area contributed by atoms with Crippen LogP contribution >= 0.6 is 0 Å². The molecule has 0 radical (unpaired) electrons. The molecule has 1 aliphatic rings. The third-order valence-electron chi connectivity index (χ3n) is 4.37. The van der Waals surface area contributed by atoms with Gasteiger partial charge < -0.3 is 10.0 Å². The van der Waals surface area contributed by atoms with Gasteiger partial charge in [0.2, 0.25) is 0 Å². The number of nitrogens with zero attached hydrogens (tertiary/aromatic N) is 2. The van der Waals surface area contributed by atoms with Gasteiger partial charge in [-0.25, -0.2) is 22.9 Å². The van der Waals surface area contributed by atoms with Crippen LogP contribution in [0.5, 0.6) is 0 Å². The number of carbonyl (C=O) groups is 1. The number of carboxylic acid groups (broad SMARTS) is 1. The number of pyridine rings is 1. The number of carboxylic acids is 1. The first kappa shape index (κ1) is 17.3. The monoisotopic (exact) mass is 350 g/mol. The molecule has 1 aromatic carbocycles. The lowest BCUT2D eigenvalue weighted by atomic mass is 10.0. The van der Waals surface area contributed by atoms with E-state index in [9.17, 15) is 23.1 Å². The van der Waals surface area contributed by atoms with Crippen LogP contribution in [0.4, 0.5) is 19.0 Å². The highest BCUT2D eigenvalue weighted by molar-refractivity contribution is 5.92. The molecule has 1 aliphatic heterocycles. The van der Waals surface area contributed by atoms with Crippen molar-refractivity contribution in [2.45, 2.75) is 25.7 Å². The molecule has 132 valence electrons. The number of aromatic carboxylic acids is 1. The van der Waals surface area contributed by atoms with Crippen molar-refractivity contribution in [1.82, 2.24) is 4.98 Å². The summed E-state index contributed by atoms with van der Waals surface area (Å²) in [7, 11) is 0. The average molecular weight is 350 g/mol. The van der Waals surface area contributed by atoms with E-state index in [-0.39, 0.29) is 31.5 Å². The third kappa shape index (κ3) is 3.60. The smallest absolute Gasteiger partial charge is 0.337 e. The van der Waals surface area contributed by atoms with Gasteiger partial charge in [0.1, 0.15) is 11.6 Å². The van der Waals surface area contributed by atoms with Gasteiger partial charge in [-0.3, -0.25) is 0 Å². The van der Waals surface area contributed by atoms with Crippen LogP contribution in [0.3, 0.4) is 0 Å². The van der Waals surface area contributed by atoms with E-state index < -0.39 is 17.7 Å². The molecule has 1 N–H and O–H groups in total. The molecule has 0 atom stereocenters. The highest BCUT2D eigenvalue weighted by Gasteiger charge is 2.35. The van der Waals surface area contributed by atoms with Gasteiger partial charge in [0.15, 0.2) is 0 Å². The molecule has 0 bridgehead atoms. The van der Waals surface area contributed by atoms with Crippen molar-refractivity contribution in [3.63, 3.8) is 0 Å². The van der Waals surface area contributed by atoms with Crippen LogP contribution in [0.25, 0.3) is 11.1 Å². The summed E-state index contributed by atoms with van der Waals surface area (Å²) in [5.41, 5.74) is 1.42. The molecule has 3 rings (SSSR count). The number of piperidine rings is 1. The number of hydrogen-bond donors (Lipinski definition) is 1. The van der Waals surface area contributed by atoms with Gasteiger partial charge in [-0.05, 0) is 30.7 Å². The van der Waals surface area contributed by atoms with E-state index in [0.717, 1.165) is 0 Å². The fraction of sp³-hybridized carbons (Fsp3) is 0.333. The number of hydrogen-bond acceptors (Lipinski definition) is 3. The van der Waals surface area contributed by atoms with Gasteiger partial charge in [0.25, 0.3) is 5.92 Å². The molecule has 2 aromatic rings. The maximum Gasteiger partial charge on any atom is 0.337 e. The van der Waals surface area contributed by atoms with Crippen LogP contribution in [0.2, 0.25) is 0 Å². The molecule has 1 fully saturated rings. The molecule has 0 amide bonds. The number of halogens is 3. The third-order valence-corrected chi connectivity index (χ3v) is 4.37. The first-order valence-corrected chi connectivity index (χ1v) is 7.90. The molecular formula is C18H17F3N2O2. The highest BCUT2D eigenvalue weighted by atomic mass is 19.3. The Morgan fingerprint density at radius 1 is 1.20 bits per heavy atom. The highest BCUT2D eigenvalue weighted by Crippen LogP contribution is 2.36. The number of rotatable bonds is 3. The standard InChI is InChI=1S/C18H17F3N2O2/c1-11-14(17(24)25)10-15(12-2-4-13(19)5-3-12)16(22-11)23-8-6-18(20,21)7-9-23/h2-5,10H,6-9H2,1H3,(H,24,25). The second kappa shape index (κ2) is 6.38. The quantitative estimate of drug-likeness (QED) is 0.904. The van der Waals surface area contributed by atoms with Crippen molar-refractivity contribution in [1.29, 1.82) is 0 Å². The zero-order valence-electron chi connectivity index (χ0n) is 13.6. The number of aryl methyl sites for hydroxylation is 1. The van der Waals surface area contributed by atoms with Crippen molar-refractivity contribution in [3.8, 4) is 11.1 Å². The summed E-state index contributed by atoms with van der Waals surface area (Å²) in [6, 6.07) is 7.05. The Morgan fingerprint density at radius 3 is 2.36 bits per heavy atom. The molecule has 2 heterocycles. The maximum absolute atomic E-state index is 13.4. The minimum atomic E-state index is -2.69. The Bertz CT molecular complexity index is 797. The minimum Gasteiger partial charge on any atom is -0.478 e. The maximum atomic E-state index is 13.4. The Kier molecular flexibility index (Phi) is 4.41. The lowest BCUT2D eigenvalue weighted by Gasteiger charge is -2.34. The second-order valence-corrected chi connectivity index (χ2v) is 6.15. The molecule has 0 saturated carbocycles. The average Bonchev–Trinajstić information content (AvgIpc) is 2.55. The van der Waals surface area contributed by atoms with Gasteiger partial charge in [-0.15, -0.1) is 0 Å². The Hall–Kier alpha value is -2.57. The van der Waals surface area contributed by atoms with Gasteiger partial charge in [0.05, 0.1) is 11.3 Å². The molecule has 0 spiro atoms. The van der Waals surface area contributed by atoms with E-state index in [2.05, 4.69) is 4.98 Å². The van der Waals surface area contributed by atoms with E-state index in [1.165, 1.54) is 30.3 Å². The van der Waals surface area contributed by atoms with Crippen molar-refractivity contribution >= 4 is 11.8 Å². The van der Waals surface area contributed by atoms with E-state index in [1.54, 1.807) is 11.8 Å². The van der Waals surface area contributed by atoms with Crippen molar-refractivity contribution in [3.05, 3.63) is 47.4 Å². The molecule has 25 heavy (non-hydrogen) atoms. The number of alkyl halides is 2. The van der Waals surface area contributed by atoms with Crippen LogP contribution in [0.1, 0.15) is 28.9 Å². The lowest BCUT2D eigenvalue weighted by molar-refractivity contribution is -0.0221. The Labute approximate surface area is 142 Å². The van der Waals surface area contributed by atoms with E-state index in [4.69, 9.17) is 0 Å². The summed E-state index contributed by atoms with van der Waals surface area (Å²) in [4.78, 5) is 17.5. The van der Waals surface area contributed by atoms with Crippen molar-refractivity contribution in [2.24, 2.45) is 0 Å². The number of aromatic nitrogens is 1. The van der Waals surface area contributed by atoms with Gasteiger partial charge in [-0.1, -0.05) is 12.1 Å². The SMILES string of the molecule is Cc1nc(N2CCC(F)(F)CC2)c(-c2ccc(F)cc2)cc1C(=O)O. The van der Waals surface area contributed by atoms with E-state index in [0.29, 0.717) is 22.6 Å². The summed E-state index contributed by atoms with van der Waals surface area (Å²) >= 11 is 0. The van der Waals surface area contributed by atoms with Crippen molar-refractivity contribution in [2.75, 3.05) is 18.0 Å². The predicted molar refractivity (Wildman–Crippen MR) is 87.7 cm³/mol. The fourth-order valence-corrected chi connectivity index (χ4v) is 2.94. The summed E-state index contributed by atoms with van der Waals surface area (Å²) < 4.78 is 40.1. The largest absolute Gasteiger partial charge is 0.478 e. The van der Waals surface area contributed by atoms with Crippen LogP contribution < -0.4 is 4.90 Å². The second-order valence-electron chi connectivity index (χ2n) is 6.15. The summed E-state index contributed by atoms with van der Waals surface area (Å²) in [5.74, 6) is -3.78. The van der Waals surface area contributed by atoms with E-state index in [1.807, 2.05) is 0 Å². The van der Waals surface area contributed by atoms with Gasteiger partial charge >= 0.3 is 5.97 Å². The lowest BCUT2D eigenvalue weighted by Crippen LogP contribution is -2.40. The van der Waals surface area contributed by atoms with Gasteiger partial charge in [0, 0.05) is 31.5 Å². The first-order chi connectivity index (χ1) is 11.8. The molecule has 0 unspecified atom stereocenters. The number of benzene rings is 1. The molecular weight excluding hydrogens is 333 g/mol. The number of anilines is 1. The van der Waals surface area contributed by atoms with Crippen LogP contribution in [-0.4, -0.2) is 35.1 Å². The Morgan fingerprint density at radius 2 is 1.80 bits per heavy atom. The summed E-state index contributed by atoms with van der Waals surface area (Å²) in [6.45, 7) is 1.82. The topological polar surface area (TPSA) is 53.4 Å². The first-order valence-electron chi connectivity index (χ1n) is 7.90. The predicted octanol–water partition coefficient (Wildman–Crippen LogP) is 4.13. The normalized spacial score (nSPS) is 16.7. The minimum absolute atomic E-state index is 0.0328. The van der Waals surface area contributed by atoms with E-state index >= 15 is 0 Å². The van der Waals surface area contributed by atoms with Crippen molar-refractivity contribution < 1.29 is 23.1 Å². The Balaban J connectivity index is 2.08. The van der Waals surface area contributed by atoms with Crippen LogP contribution in [0.15, 0.2) is 30.3 Å². The van der Waals surface area contributed by atoms with Crippen LogP contribution in [-0.2, 0) is 0 Å². The fourth-order valence-electron chi connectivity index (χ4n) is 2.94.